The van der Waals surface area contributed by atoms with E-state index < -0.39 is 0 Å². The van der Waals surface area contributed by atoms with Crippen LogP contribution in [0.1, 0.15) is 35.2 Å². The van der Waals surface area contributed by atoms with Gasteiger partial charge in [-0.15, -0.1) is 0 Å². The fourth-order valence-corrected chi connectivity index (χ4v) is 3.47. The smallest absolute Gasteiger partial charge is 0.307 e. The molecule has 0 aliphatic rings. The maximum Gasteiger partial charge on any atom is 0.307 e. The molecule has 0 saturated carbocycles. The Hall–Kier alpha value is -3.31. The predicted molar refractivity (Wildman–Crippen MR) is 117 cm³/mol. The van der Waals surface area contributed by atoms with Crippen molar-refractivity contribution in [1.82, 2.24) is 5.32 Å². The van der Waals surface area contributed by atoms with Gasteiger partial charge < -0.3 is 14.2 Å². The van der Waals surface area contributed by atoms with Gasteiger partial charge in [-0.25, -0.2) is 0 Å². The van der Waals surface area contributed by atoms with E-state index in [4.69, 9.17) is 14.2 Å². The average molecular weight is 405 g/mol. The fourth-order valence-electron chi connectivity index (χ4n) is 3.47. The molecule has 3 aromatic rings. The molecule has 0 aliphatic heterocycles. The van der Waals surface area contributed by atoms with Gasteiger partial charge in [0, 0.05) is 6.04 Å². The molecule has 0 spiro atoms. The van der Waals surface area contributed by atoms with Crippen LogP contribution in [-0.4, -0.2) is 27.3 Å². The highest BCUT2D eigenvalue weighted by atomic mass is 16.5. The molecule has 0 aliphatic carbocycles. The molecule has 0 heterocycles. The van der Waals surface area contributed by atoms with E-state index in [2.05, 4.69) is 29.6 Å². The first kappa shape index (κ1) is 21.4. The molecular weight excluding hydrogens is 378 g/mol. The molecular formula is C25H27NO4. The Morgan fingerprint density at radius 1 is 0.767 bits per heavy atom. The second kappa shape index (κ2) is 10.5. The number of hydrogen-bond acceptors (Lipinski definition) is 5. The zero-order chi connectivity index (χ0) is 21.3. The van der Waals surface area contributed by atoms with Crippen molar-refractivity contribution in [2.75, 3.05) is 21.3 Å². The highest BCUT2D eigenvalue weighted by Crippen LogP contribution is 2.33. The molecule has 0 fully saturated rings. The summed E-state index contributed by atoms with van der Waals surface area (Å²) in [6.45, 7) is 0. The van der Waals surface area contributed by atoms with Crippen molar-refractivity contribution < 1.29 is 19.0 Å². The first-order valence-electron chi connectivity index (χ1n) is 9.81. The first-order chi connectivity index (χ1) is 14.7. The van der Waals surface area contributed by atoms with Gasteiger partial charge >= 0.3 is 5.97 Å². The molecule has 0 radical (unpaired) electrons. The van der Waals surface area contributed by atoms with Crippen LogP contribution >= 0.6 is 0 Å². The minimum Gasteiger partial charge on any atom is -0.493 e. The Morgan fingerprint density at radius 3 is 1.83 bits per heavy atom. The van der Waals surface area contributed by atoms with Crippen LogP contribution in [0.5, 0.6) is 11.5 Å². The van der Waals surface area contributed by atoms with Gasteiger partial charge in [0.15, 0.2) is 11.5 Å². The summed E-state index contributed by atoms with van der Waals surface area (Å²) in [5.74, 6) is 0.963. The number of methoxy groups -OCH3 is 3. The molecule has 3 rings (SSSR count). The number of carbonyl (C=O) groups excluding carboxylic acids is 1. The molecule has 5 heteroatoms. The number of ether oxygens (including phenoxy) is 3. The summed E-state index contributed by atoms with van der Waals surface area (Å²) in [6, 6.07) is 25.6. The van der Waals surface area contributed by atoms with E-state index in [1.54, 1.807) is 14.2 Å². The van der Waals surface area contributed by atoms with Crippen molar-refractivity contribution >= 4 is 5.97 Å². The second-order valence-electron chi connectivity index (χ2n) is 6.87. The number of rotatable bonds is 9. The maximum absolute atomic E-state index is 12.2. The van der Waals surface area contributed by atoms with E-state index in [1.807, 2.05) is 54.6 Å². The fraction of sp³-hybridized carbons (Fsp3) is 0.240. The van der Waals surface area contributed by atoms with Crippen LogP contribution in [0, 0.1) is 0 Å². The summed E-state index contributed by atoms with van der Waals surface area (Å²) in [4.78, 5) is 12.2. The average Bonchev–Trinajstić information content (AvgIpc) is 2.82. The van der Waals surface area contributed by atoms with Gasteiger partial charge in [0.2, 0.25) is 0 Å². The quantitative estimate of drug-likeness (QED) is 0.524. The van der Waals surface area contributed by atoms with Gasteiger partial charge in [-0.1, -0.05) is 66.7 Å². The van der Waals surface area contributed by atoms with E-state index in [1.165, 1.54) is 7.11 Å². The lowest BCUT2D eigenvalue weighted by Gasteiger charge is -2.27. The molecule has 156 valence electrons. The van der Waals surface area contributed by atoms with Crippen molar-refractivity contribution in [2.24, 2.45) is 0 Å². The summed E-state index contributed by atoms with van der Waals surface area (Å²) in [6.07, 6.45) is 0.183. The van der Waals surface area contributed by atoms with Crippen LogP contribution in [0.4, 0.5) is 0 Å². The normalized spacial score (nSPS) is 11.7. The van der Waals surface area contributed by atoms with Gasteiger partial charge in [-0.05, 0) is 28.8 Å². The Bertz CT molecular complexity index is 904. The SMILES string of the molecule is COC(=O)CC(NC(c1ccccc1)c1ccccc1)c1ccc(OC)c(OC)c1. The molecule has 0 amide bonds. The maximum atomic E-state index is 12.2. The van der Waals surface area contributed by atoms with Crippen molar-refractivity contribution in [3.63, 3.8) is 0 Å². The summed E-state index contributed by atoms with van der Waals surface area (Å²) < 4.78 is 15.8. The number of benzene rings is 3. The van der Waals surface area contributed by atoms with Crippen molar-refractivity contribution in [2.45, 2.75) is 18.5 Å². The standard InChI is InChI=1S/C25H27NO4/c1-28-22-15-14-20(16-23(22)29-2)21(17-24(27)30-3)26-25(18-10-6-4-7-11-18)19-12-8-5-9-13-19/h4-16,21,25-26H,17H2,1-3H3. The van der Waals surface area contributed by atoms with Crippen molar-refractivity contribution in [1.29, 1.82) is 0 Å². The van der Waals surface area contributed by atoms with Gasteiger partial charge in [-0.2, -0.15) is 0 Å². The van der Waals surface area contributed by atoms with E-state index in [0.29, 0.717) is 11.5 Å². The van der Waals surface area contributed by atoms with E-state index in [0.717, 1.165) is 16.7 Å². The summed E-state index contributed by atoms with van der Waals surface area (Å²) in [5.41, 5.74) is 3.13. The number of hydrogen-bond donors (Lipinski definition) is 1. The van der Waals surface area contributed by atoms with Gasteiger partial charge in [0.05, 0.1) is 33.8 Å². The second-order valence-corrected chi connectivity index (χ2v) is 6.87. The largest absolute Gasteiger partial charge is 0.493 e. The Kier molecular flexibility index (Phi) is 7.46. The van der Waals surface area contributed by atoms with Crippen LogP contribution in [0.25, 0.3) is 0 Å². The van der Waals surface area contributed by atoms with Crippen LogP contribution in [0.2, 0.25) is 0 Å². The molecule has 0 saturated heterocycles. The lowest BCUT2D eigenvalue weighted by Crippen LogP contribution is -2.29. The molecule has 1 N–H and O–H groups in total. The lowest BCUT2D eigenvalue weighted by atomic mass is 9.95. The third-order valence-electron chi connectivity index (χ3n) is 5.04. The molecule has 3 aromatic carbocycles. The molecule has 30 heavy (non-hydrogen) atoms. The Morgan fingerprint density at radius 2 is 1.33 bits per heavy atom. The zero-order valence-corrected chi connectivity index (χ0v) is 17.5. The highest BCUT2D eigenvalue weighted by molar-refractivity contribution is 5.70. The van der Waals surface area contributed by atoms with Crippen LogP contribution < -0.4 is 14.8 Å². The summed E-state index contributed by atoms with van der Waals surface area (Å²) in [7, 11) is 4.60. The predicted octanol–water partition coefficient (Wildman–Crippen LogP) is 4.69. The molecule has 1 atom stereocenters. The van der Waals surface area contributed by atoms with Gasteiger partial charge in [0.1, 0.15) is 0 Å². The third kappa shape index (κ3) is 5.19. The van der Waals surface area contributed by atoms with Crippen LogP contribution in [0.3, 0.4) is 0 Å². The van der Waals surface area contributed by atoms with Gasteiger partial charge in [0.25, 0.3) is 0 Å². The van der Waals surface area contributed by atoms with E-state index in [9.17, 15) is 4.79 Å². The minimum atomic E-state index is -0.290. The minimum absolute atomic E-state index is 0.102. The third-order valence-corrected chi connectivity index (χ3v) is 5.04. The monoisotopic (exact) mass is 405 g/mol. The van der Waals surface area contributed by atoms with Crippen LogP contribution in [0.15, 0.2) is 78.9 Å². The van der Waals surface area contributed by atoms with E-state index >= 15 is 0 Å². The Balaban J connectivity index is 2.01. The number of esters is 1. The van der Waals surface area contributed by atoms with E-state index in [-0.39, 0.29) is 24.5 Å². The van der Waals surface area contributed by atoms with Gasteiger partial charge in [-0.3, -0.25) is 10.1 Å². The molecule has 5 nitrogen and oxygen atoms in total. The number of carbonyl (C=O) groups is 1. The van der Waals surface area contributed by atoms with Crippen molar-refractivity contribution in [3.8, 4) is 11.5 Å². The van der Waals surface area contributed by atoms with Crippen molar-refractivity contribution in [3.05, 3.63) is 95.6 Å². The summed E-state index contributed by atoms with van der Waals surface area (Å²) in [5, 5.41) is 3.66. The number of nitrogens with one attached hydrogen (secondary N) is 1. The Labute approximate surface area is 177 Å². The molecule has 0 bridgehead atoms. The zero-order valence-electron chi connectivity index (χ0n) is 17.5. The molecule has 0 aromatic heterocycles. The summed E-state index contributed by atoms with van der Waals surface area (Å²) >= 11 is 0. The topological polar surface area (TPSA) is 56.8 Å². The lowest BCUT2D eigenvalue weighted by molar-refractivity contribution is -0.141. The molecule has 1 unspecified atom stereocenters. The highest BCUT2D eigenvalue weighted by Gasteiger charge is 2.24. The first-order valence-corrected chi connectivity index (χ1v) is 9.81. The van der Waals surface area contributed by atoms with Crippen LogP contribution in [-0.2, 0) is 9.53 Å².